The zero-order valence-electron chi connectivity index (χ0n) is 13.2. The van der Waals surface area contributed by atoms with Crippen LogP contribution in [0.2, 0.25) is 0 Å². The Hall–Kier alpha value is -3.28. The average molecular weight is 338 g/mol. The second kappa shape index (κ2) is 6.32. The summed E-state index contributed by atoms with van der Waals surface area (Å²) in [4.78, 5) is 4.47. The van der Waals surface area contributed by atoms with E-state index in [1.807, 2.05) is 30.3 Å². The van der Waals surface area contributed by atoms with Gasteiger partial charge >= 0.3 is 0 Å². The largest absolute Gasteiger partial charge is 0.505 e. The molecule has 0 saturated carbocycles. The maximum Gasteiger partial charge on any atom is 0.219 e. The van der Waals surface area contributed by atoms with Crippen molar-refractivity contribution in [1.29, 1.82) is 0 Å². The molecule has 4 rings (SSSR count). The summed E-state index contributed by atoms with van der Waals surface area (Å²) in [6.45, 7) is 1.42. The molecule has 25 heavy (non-hydrogen) atoms. The number of hydrogen-bond acceptors (Lipinski definition) is 5. The lowest BCUT2D eigenvalue weighted by molar-refractivity contribution is 0.323. The smallest absolute Gasteiger partial charge is 0.219 e. The summed E-state index contributed by atoms with van der Waals surface area (Å²) in [5, 5.41) is 12.7. The van der Waals surface area contributed by atoms with Gasteiger partial charge in [0.2, 0.25) is 5.88 Å². The Kier molecular flexibility index (Phi) is 3.85. The summed E-state index contributed by atoms with van der Waals surface area (Å²) >= 11 is 0. The number of phenols is 1. The molecule has 0 spiro atoms. The molecule has 0 radical (unpaired) electrons. The number of anilines is 1. The van der Waals surface area contributed by atoms with Crippen molar-refractivity contribution in [3.63, 3.8) is 0 Å². The van der Waals surface area contributed by atoms with Crippen LogP contribution in [-0.2, 0) is 0 Å². The highest BCUT2D eigenvalue weighted by molar-refractivity contribution is 5.69. The third-order valence-electron chi connectivity index (χ3n) is 3.82. The van der Waals surface area contributed by atoms with Crippen molar-refractivity contribution in [2.24, 2.45) is 0 Å². The molecule has 2 N–H and O–H groups in total. The van der Waals surface area contributed by atoms with Gasteiger partial charge in [-0.2, -0.15) is 0 Å². The number of phenolic OH excluding ortho intramolecular Hbond substituents is 1. The number of ether oxygens (including phenoxy) is 2. The van der Waals surface area contributed by atoms with Crippen molar-refractivity contribution >= 4 is 5.69 Å². The highest BCUT2D eigenvalue weighted by Crippen LogP contribution is 2.33. The van der Waals surface area contributed by atoms with Crippen molar-refractivity contribution in [2.75, 3.05) is 18.5 Å². The third-order valence-corrected chi connectivity index (χ3v) is 3.82. The van der Waals surface area contributed by atoms with Crippen LogP contribution in [0.5, 0.6) is 23.1 Å². The molecule has 6 heteroatoms. The SMILES string of the molecule is Oc1cc(Oc2cccc(-c3ccc4c(c3)OCCN4)n2)ccc1F. The van der Waals surface area contributed by atoms with Gasteiger partial charge < -0.3 is 19.9 Å². The molecule has 126 valence electrons. The Morgan fingerprint density at radius 3 is 2.92 bits per heavy atom. The van der Waals surface area contributed by atoms with Crippen molar-refractivity contribution in [3.8, 4) is 34.4 Å². The Labute approximate surface area is 143 Å². The number of hydrogen-bond donors (Lipinski definition) is 2. The number of halogens is 1. The lowest BCUT2D eigenvalue weighted by Crippen LogP contribution is -2.17. The van der Waals surface area contributed by atoms with E-state index in [0.717, 1.165) is 35.3 Å². The fourth-order valence-corrected chi connectivity index (χ4v) is 2.60. The summed E-state index contributed by atoms with van der Waals surface area (Å²) in [7, 11) is 0. The predicted octanol–water partition coefficient (Wildman–Crippen LogP) is 4.19. The van der Waals surface area contributed by atoms with Crippen LogP contribution in [-0.4, -0.2) is 23.2 Å². The number of nitrogens with zero attached hydrogens (tertiary/aromatic N) is 1. The Bertz CT molecular complexity index is 930. The van der Waals surface area contributed by atoms with E-state index in [1.165, 1.54) is 12.1 Å². The van der Waals surface area contributed by atoms with Gasteiger partial charge in [0.15, 0.2) is 11.6 Å². The maximum atomic E-state index is 13.1. The lowest BCUT2D eigenvalue weighted by atomic mass is 10.1. The number of rotatable bonds is 3. The van der Waals surface area contributed by atoms with Crippen LogP contribution in [0.3, 0.4) is 0 Å². The normalized spacial score (nSPS) is 12.7. The number of benzene rings is 2. The zero-order valence-corrected chi connectivity index (χ0v) is 13.2. The van der Waals surface area contributed by atoms with Gasteiger partial charge in [0.05, 0.1) is 11.4 Å². The van der Waals surface area contributed by atoms with E-state index in [1.54, 1.807) is 6.07 Å². The van der Waals surface area contributed by atoms with Crippen LogP contribution in [0.25, 0.3) is 11.3 Å². The quantitative estimate of drug-likeness (QED) is 0.750. The van der Waals surface area contributed by atoms with Crippen LogP contribution in [0, 0.1) is 5.82 Å². The fourth-order valence-electron chi connectivity index (χ4n) is 2.60. The number of pyridine rings is 1. The minimum Gasteiger partial charge on any atom is -0.505 e. The van der Waals surface area contributed by atoms with E-state index < -0.39 is 11.6 Å². The number of fused-ring (bicyclic) bond motifs is 1. The van der Waals surface area contributed by atoms with Gasteiger partial charge in [-0.1, -0.05) is 12.1 Å². The molecule has 5 nitrogen and oxygen atoms in total. The Morgan fingerprint density at radius 1 is 1.12 bits per heavy atom. The predicted molar refractivity (Wildman–Crippen MR) is 91.8 cm³/mol. The van der Waals surface area contributed by atoms with E-state index in [9.17, 15) is 9.50 Å². The highest BCUT2D eigenvalue weighted by atomic mass is 19.1. The van der Waals surface area contributed by atoms with Gasteiger partial charge in [-0.3, -0.25) is 0 Å². The van der Waals surface area contributed by atoms with Crippen molar-refractivity contribution in [1.82, 2.24) is 4.98 Å². The van der Waals surface area contributed by atoms with E-state index >= 15 is 0 Å². The molecule has 0 fully saturated rings. The molecular formula is C19H15FN2O3. The number of aromatic hydroxyl groups is 1. The van der Waals surface area contributed by atoms with Crippen LogP contribution in [0.4, 0.5) is 10.1 Å². The first-order chi connectivity index (χ1) is 12.2. The van der Waals surface area contributed by atoms with E-state index in [-0.39, 0.29) is 0 Å². The van der Waals surface area contributed by atoms with Crippen LogP contribution in [0.1, 0.15) is 0 Å². The molecule has 0 atom stereocenters. The summed E-state index contributed by atoms with van der Waals surface area (Å²) in [6, 6.07) is 15.0. The lowest BCUT2D eigenvalue weighted by Gasteiger charge is -2.19. The van der Waals surface area contributed by atoms with Crippen molar-refractivity contribution in [3.05, 3.63) is 60.4 Å². The molecule has 1 aliphatic heterocycles. The molecule has 1 aliphatic rings. The standard InChI is InChI=1S/C19H15FN2O3/c20-14-6-5-13(11-17(14)23)25-19-3-1-2-15(22-19)12-4-7-16-18(10-12)24-9-8-21-16/h1-7,10-11,21,23H,8-9H2. The van der Waals surface area contributed by atoms with E-state index in [2.05, 4.69) is 10.3 Å². The molecule has 0 aliphatic carbocycles. The molecule has 2 aromatic carbocycles. The summed E-state index contributed by atoms with van der Waals surface area (Å²) in [5.74, 6) is 0.284. The minimum atomic E-state index is -0.697. The Morgan fingerprint density at radius 2 is 2.04 bits per heavy atom. The first kappa shape index (κ1) is 15.3. The highest BCUT2D eigenvalue weighted by Gasteiger charge is 2.12. The minimum absolute atomic E-state index is 0.307. The van der Waals surface area contributed by atoms with Gasteiger partial charge in [0.25, 0.3) is 0 Å². The molecule has 3 aromatic rings. The third kappa shape index (κ3) is 3.19. The van der Waals surface area contributed by atoms with Crippen LogP contribution >= 0.6 is 0 Å². The summed E-state index contributed by atoms with van der Waals surface area (Å²) in [6.07, 6.45) is 0. The maximum absolute atomic E-state index is 13.1. The Balaban J connectivity index is 1.62. The molecule has 0 saturated heterocycles. The molecular weight excluding hydrogens is 323 g/mol. The fraction of sp³-hybridized carbons (Fsp3) is 0.105. The van der Waals surface area contributed by atoms with Crippen LogP contribution < -0.4 is 14.8 Å². The van der Waals surface area contributed by atoms with Gasteiger partial charge in [-0.15, -0.1) is 0 Å². The van der Waals surface area contributed by atoms with Crippen LogP contribution in [0.15, 0.2) is 54.6 Å². The molecule has 0 bridgehead atoms. The summed E-state index contributed by atoms with van der Waals surface area (Å²) < 4.78 is 24.4. The van der Waals surface area contributed by atoms with Crippen molar-refractivity contribution in [2.45, 2.75) is 0 Å². The first-order valence-electron chi connectivity index (χ1n) is 7.83. The van der Waals surface area contributed by atoms with E-state index in [0.29, 0.717) is 18.2 Å². The van der Waals surface area contributed by atoms with Gasteiger partial charge in [0, 0.05) is 24.2 Å². The first-order valence-corrected chi connectivity index (χ1v) is 7.83. The average Bonchev–Trinajstić information content (AvgIpc) is 2.65. The molecule has 2 heterocycles. The molecule has 0 amide bonds. The second-order valence-corrected chi connectivity index (χ2v) is 5.56. The number of aromatic nitrogens is 1. The zero-order chi connectivity index (χ0) is 17.2. The number of nitrogens with one attached hydrogen (secondary N) is 1. The van der Waals surface area contributed by atoms with E-state index in [4.69, 9.17) is 9.47 Å². The topological polar surface area (TPSA) is 63.6 Å². The molecule has 1 aromatic heterocycles. The molecule has 0 unspecified atom stereocenters. The van der Waals surface area contributed by atoms with Gasteiger partial charge in [-0.25, -0.2) is 9.37 Å². The second-order valence-electron chi connectivity index (χ2n) is 5.56. The van der Waals surface area contributed by atoms with Crippen molar-refractivity contribution < 1.29 is 19.0 Å². The van der Waals surface area contributed by atoms with Gasteiger partial charge in [-0.05, 0) is 30.3 Å². The summed E-state index contributed by atoms with van der Waals surface area (Å²) in [5.41, 5.74) is 2.58. The monoisotopic (exact) mass is 338 g/mol. The van der Waals surface area contributed by atoms with Gasteiger partial charge in [0.1, 0.15) is 18.1 Å².